The average molecular weight is 318 g/mol. The summed E-state index contributed by atoms with van der Waals surface area (Å²) >= 11 is 0. The Labute approximate surface area is 130 Å². The van der Waals surface area contributed by atoms with E-state index in [9.17, 15) is 24.9 Å². The van der Waals surface area contributed by atoms with Crippen LogP contribution in [0.15, 0.2) is 32.4 Å². The lowest BCUT2D eigenvalue weighted by Gasteiger charge is -2.08. The van der Waals surface area contributed by atoms with Crippen molar-refractivity contribution in [1.29, 1.82) is 0 Å². The van der Waals surface area contributed by atoms with Crippen molar-refractivity contribution in [2.24, 2.45) is 4.99 Å². The zero-order valence-electron chi connectivity index (χ0n) is 12.3. The molecule has 23 heavy (non-hydrogen) atoms. The molecule has 0 aliphatic carbocycles. The number of hydrogen-bond donors (Lipinski definition) is 4. The average Bonchev–Trinajstić information content (AvgIpc) is 2.41. The number of carbonyl (C=O) groups is 1. The number of nitrogens with two attached hydrogens (primary N) is 1. The number of Topliss-reactive ketones (excluding diaryl/α,β-unsaturated/α-hetero) is 1. The van der Waals surface area contributed by atoms with E-state index in [1.54, 1.807) is 0 Å². The number of phenols is 1. The number of aromatic hydroxyl groups is 3. The second kappa shape index (κ2) is 5.84. The molecule has 0 aliphatic rings. The number of ketones is 1. The molecule has 8 heteroatoms. The van der Waals surface area contributed by atoms with E-state index in [0.29, 0.717) is 0 Å². The fourth-order valence-electron chi connectivity index (χ4n) is 2.01. The maximum atomic E-state index is 11.9. The fourth-order valence-corrected chi connectivity index (χ4v) is 2.01. The number of phenolic OH excluding ortho intramolecular Hbond substituents is 1. The topological polar surface area (TPSA) is 146 Å². The Hall–Kier alpha value is -3.29. The van der Waals surface area contributed by atoms with Crippen LogP contribution in [0.25, 0.3) is 0 Å². The van der Waals surface area contributed by atoms with Crippen molar-refractivity contribution in [1.82, 2.24) is 0 Å². The number of hydrogen-bond acceptors (Lipinski definition) is 8. The number of rotatable bonds is 3. The van der Waals surface area contributed by atoms with E-state index in [4.69, 9.17) is 5.73 Å². The van der Waals surface area contributed by atoms with Crippen molar-refractivity contribution in [2.75, 3.05) is 5.73 Å². The van der Waals surface area contributed by atoms with Gasteiger partial charge in [0, 0.05) is 6.07 Å². The Kier molecular flexibility index (Phi) is 4.08. The summed E-state index contributed by atoms with van der Waals surface area (Å²) in [4.78, 5) is 27.4. The lowest BCUT2D eigenvalue weighted by Crippen LogP contribution is -2.15. The normalized spacial score (nSPS) is 11.5. The SMILES string of the molecule is CC(=O)c1c(O)oc(=O)c(C(C)=Nc2cc(O)ccc2N)c1O. The third-order valence-electron chi connectivity index (χ3n) is 3.10. The fraction of sp³-hybridized carbons (Fsp3) is 0.133. The first-order chi connectivity index (χ1) is 10.7. The van der Waals surface area contributed by atoms with Gasteiger partial charge in [0.15, 0.2) is 5.78 Å². The van der Waals surface area contributed by atoms with Gasteiger partial charge in [0.05, 0.1) is 17.1 Å². The maximum absolute atomic E-state index is 11.9. The monoisotopic (exact) mass is 318 g/mol. The van der Waals surface area contributed by atoms with Crippen LogP contribution in [0.5, 0.6) is 17.4 Å². The van der Waals surface area contributed by atoms with E-state index in [-0.39, 0.29) is 28.4 Å². The molecule has 0 radical (unpaired) electrons. The summed E-state index contributed by atoms with van der Waals surface area (Å²) in [6, 6.07) is 4.05. The lowest BCUT2D eigenvalue weighted by molar-refractivity contribution is 0.100. The van der Waals surface area contributed by atoms with Crippen molar-refractivity contribution in [3.63, 3.8) is 0 Å². The van der Waals surface area contributed by atoms with Gasteiger partial charge in [-0.1, -0.05) is 0 Å². The second-order valence-electron chi connectivity index (χ2n) is 4.79. The van der Waals surface area contributed by atoms with E-state index in [1.807, 2.05) is 0 Å². The first kappa shape index (κ1) is 16.1. The van der Waals surface area contributed by atoms with E-state index < -0.39 is 28.7 Å². The molecule has 5 N–H and O–H groups in total. The third-order valence-corrected chi connectivity index (χ3v) is 3.10. The van der Waals surface area contributed by atoms with Crippen molar-refractivity contribution < 1.29 is 24.5 Å². The van der Waals surface area contributed by atoms with E-state index in [2.05, 4.69) is 9.41 Å². The summed E-state index contributed by atoms with van der Waals surface area (Å²) in [6.45, 7) is 2.48. The molecule has 2 aromatic rings. The van der Waals surface area contributed by atoms with Crippen LogP contribution in [-0.4, -0.2) is 26.8 Å². The lowest BCUT2D eigenvalue weighted by atomic mass is 10.1. The molecule has 0 unspecified atom stereocenters. The van der Waals surface area contributed by atoms with Crippen LogP contribution in [0.2, 0.25) is 0 Å². The highest BCUT2D eigenvalue weighted by molar-refractivity contribution is 6.07. The molecule has 0 saturated heterocycles. The summed E-state index contributed by atoms with van der Waals surface area (Å²) in [5, 5.41) is 29.0. The zero-order chi connectivity index (χ0) is 17.3. The minimum absolute atomic E-state index is 0.00366. The van der Waals surface area contributed by atoms with Gasteiger partial charge in [-0.3, -0.25) is 9.79 Å². The summed E-state index contributed by atoms with van der Waals surface area (Å²) in [5.74, 6) is -2.47. The van der Waals surface area contributed by atoms with Crippen LogP contribution >= 0.6 is 0 Å². The molecule has 0 saturated carbocycles. The highest BCUT2D eigenvalue weighted by Gasteiger charge is 2.24. The van der Waals surface area contributed by atoms with Gasteiger partial charge in [0.2, 0.25) is 0 Å². The minimum atomic E-state index is -1.06. The smallest absolute Gasteiger partial charge is 0.351 e. The van der Waals surface area contributed by atoms with Gasteiger partial charge < -0.3 is 25.5 Å². The minimum Gasteiger partial charge on any atom is -0.508 e. The number of anilines is 1. The molecule has 0 bridgehead atoms. The van der Waals surface area contributed by atoms with Crippen LogP contribution in [0, 0.1) is 0 Å². The highest BCUT2D eigenvalue weighted by Crippen LogP contribution is 2.31. The predicted molar refractivity (Wildman–Crippen MR) is 82.7 cm³/mol. The molecule has 8 nitrogen and oxygen atoms in total. The van der Waals surface area contributed by atoms with Crippen LogP contribution in [0.4, 0.5) is 11.4 Å². The van der Waals surface area contributed by atoms with Crippen molar-refractivity contribution in [2.45, 2.75) is 13.8 Å². The molecule has 0 aliphatic heterocycles. The molecule has 0 amide bonds. The maximum Gasteiger partial charge on any atom is 0.351 e. The Balaban J connectivity index is 2.68. The van der Waals surface area contributed by atoms with Gasteiger partial charge in [0.25, 0.3) is 5.95 Å². The predicted octanol–water partition coefficient (Wildman–Crippen LogP) is 1.68. The van der Waals surface area contributed by atoms with Crippen LogP contribution < -0.4 is 11.4 Å². The Bertz CT molecular complexity index is 882. The van der Waals surface area contributed by atoms with Gasteiger partial charge >= 0.3 is 5.63 Å². The van der Waals surface area contributed by atoms with Gasteiger partial charge in [-0.25, -0.2) is 4.79 Å². The zero-order valence-corrected chi connectivity index (χ0v) is 12.3. The van der Waals surface area contributed by atoms with Crippen molar-refractivity contribution in [3.05, 3.63) is 39.7 Å². The summed E-state index contributed by atoms with van der Waals surface area (Å²) in [5.41, 5.74) is 4.15. The van der Waals surface area contributed by atoms with Gasteiger partial charge in [-0.15, -0.1) is 0 Å². The van der Waals surface area contributed by atoms with Crippen molar-refractivity contribution >= 4 is 22.9 Å². The molecule has 1 heterocycles. The molecular formula is C15H14N2O6. The van der Waals surface area contributed by atoms with E-state index in [1.165, 1.54) is 25.1 Å². The van der Waals surface area contributed by atoms with Crippen molar-refractivity contribution in [3.8, 4) is 17.4 Å². The molecule has 0 spiro atoms. The number of aliphatic imine (C=N–C) groups is 1. The molecule has 1 aromatic heterocycles. The van der Waals surface area contributed by atoms with E-state index in [0.717, 1.165) is 6.92 Å². The van der Waals surface area contributed by atoms with Crippen LogP contribution in [0.3, 0.4) is 0 Å². The first-order valence-electron chi connectivity index (χ1n) is 6.46. The molecule has 0 fully saturated rings. The third kappa shape index (κ3) is 3.00. The molecule has 2 rings (SSSR count). The quantitative estimate of drug-likeness (QED) is 0.291. The summed E-state index contributed by atoms with van der Waals surface area (Å²) < 4.78 is 4.55. The Morgan fingerprint density at radius 1 is 1.17 bits per heavy atom. The number of nitrogen functional groups attached to an aromatic ring is 1. The molecule has 0 atom stereocenters. The summed E-state index contributed by atoms with van der Waals surface area (Å²) in [7, 11) is 0. The second-order valence-corrected chi connectivity index (χ2v) is 4.79. The van der Waals surface area contributed by atoms with Gasteiger partial charge in [-0.2, -0.15) is 0 Å². The molecular weight excluding hydrogens is 304 g/mol. The van der Waals surface area contributed by atoms with E-state index >= 15 is 0 Å². The standard InChI is InChI=1S/C15H14N2O6/c1-6(17-10-5-8(19)3-4-9(10)16)11-13(20)12(7(2)18)15(22)23-14(11)21/h3-5,19-20,22H,16H2,1-2H3. The van der Waals surface area contributed by atoms with Crippen LogP contribution in [-0.2, 0) is 0 Å². The van der Waals surface area contributed by atoms with Crippen LogP contribution in [0.1, 0.15) is 29.8 Å². The number of nitrogens with zero attached hydrogens (tertiary/aromatic N) is 1. The first-order valence-corrected chi connectivity index (χ1v) is 6.46. The van der Waals surface area contributed by atoms with Gasteiger partial charge in [0.1, 0.15) is 22.6 Å². The Morgan fingerprint density at radius 3 is 2.43 bits per heavy atom. The van der Waals surface area contributed by atoms with Gasteiger partial charge in [-0.05, 0) is 26.0 Å². The number of carbonyl (C=O) groups excluding carboxylic acids is 1. The molecule has 1 aromatic carbocycles. The summed E-state index contributed by atoms with van der Waals surface area (Å²) in [6.07, 6.45) is 0. The highest BCUT2D eigenvalue weighted by atomic mass is 16.5. The Morgan fingerprint density at radius 2 is 1.83 bits per heavy atom. The number of benzene rings is 1. The molecule has 120 valence electrons. The largest absolute Gasteiger partial charge is 0.508 e.